The van der Waals surface area contributed by atoms with Crippen LogP contribution in [0.2, 0.25) is 0 Å². The first-order valence-corrected chi connectivity index (χ1v) is 15.2. The number of carbonyl (C=O) groups excluding carboxylic acids is 1. The fourth-order valence-electron chi connectivity index (χ4n) is 6.60. The lowest BCUT2D eigenvalue weighted by Crippen LogP contribution is -2.60. The summed E-state index contributed by atoms with van der Waals surface area (Å²) >= 11 is 0. The minimum Gasteiger partial charge on any atom is -0.404 e. The molecule has 0 saturated carbocycles. The summed E-state index contributed by atoms with van der Waals surface area (Å²) in [6.45, 7) is 7.31. The second kappa shape index (κ2) is 12.2. The van der Waals surface area contributed by atoms with Gasteiger partial charge in [0.1, 0.15) is 11.6 Å². The van der Waals surface area contributed by atoms with Crippen LogP contribution < -0.4 is 16.0 Å². The molecule has 42 heavy (non-hydrogen) atoms. The predicted molar refractivity (Wildman–Crippen MR) is 171 cm³/mol. The fraction of sp³-hybridized carbons (Fsp3) is 0.455. The van der Waals surface area contributed by atoms with Gasteiger partial charge < -0.3 is 20.9 Å². The average molecular weight is 567 g/mol. The number of rotatable bonds is 7. The Morgan fingerprint density at radius 2 is 1.79 bits per heavy atom. The van der Waals surface area contributed by atoms with Crippen molar-refractivity contribution < 1.29 is 4.79 Å². The Labute approximate surface area is 248 Å². The largest absolute Gasteiger partial charge is 0.404 e. The molecule has 3 saturated heterocycles. The van der Waals surface area contributed by atoms with Gasteiger partial charge in [0.2, 0.25) is 0 Å². The van der Waals surface area contributed by atoms with Crippen molar-refractivity contribution in [2.45, 2.75) is 32.1 Å². The highest BCUT2D eigenvalue weighted by Crippen LogP contribution is 2.41. The molecule has 3 aliphatic heterocycles. The SMILES string of the molecule is CN=C(CN1CCCCC1)C(=CN)c1ccc2cnc(NC(=O)c3ccnc(N4CC5(CCN(C)CC5)C4)c3)cc2c1. The van der Waals surface area contributed by atoms with Gasteiger partial charge in [-0.25, -0.2) is 9.97 Å². The third kappa shape index (κ3) is 6.03. The van der Waals surface area contributed by atoms with Crippen LogP contribution in [0.3, 0.4) is 0 Å². The van der Waals surface area contributed by atoms with E-state index in [1.165, 1.54) is 32.1 Å². The van der Waals surface area contributed by atoms with Crippen molar-refractivity contribution in [3.8, 4) is 0 Å². The number of hydrogen-bond donors (Lipinski definition) is 2. The van der Waals surface area contributed by atoms with Gasteiger partial charge >= 0.3 is 0 Å². The molecule has 0 radical (unpaired) electrons. The molecule has 5 heterocycles. The first-order valence-electron chi connectivity index (χ1n) is 15.2. The van der Waals surface area contributed by atoms with Gasteiger partial charge in [0.05, 0.1) is 5.71 Å². The number of aliphatic imine (C=N–C) groups is 1. The molecule has 1 aromatic carbocycles. The second-order valence-corrected chi connectivity index (χ2v) is 12.2. The monoisotopic (exact) mass is 566 g/mol. The lowest BCUT2D eigenvalue weighted by atomic mass is 9.72. The number of benzene rings is 1. The number of nitrogens with zero attached hydrogens (tertiary/aromatic N) is 6. The van der Waals surface area contributed by atoms with E-state index < -0.39 is 0 Å². The number of fused-ring (bicyclic) bond motifs is 1. The highest BCUT2D eigenvalue weighted by Gasteiger charge is 2.44. The Kier molecular flexibility index (Phi) is 8.22. The molecule has 220 valence electrons. The number of likely N-dealkylation sites (tertiary alicyclic amines) is 2. The molecule has 2 aromatic heterocycles. The van der Waals surface area contributed by atoms with E-state index in [1.807, 2.05) is 25.2 Å². The highest BCUT2D eigenvalue weighted by atomic mass is 16.1. The van der Waals surface area contributed by atoms with Crippen molar-refractivity contribution in [1.82, 2.24) is 19.8 Å². The zero-order valence-corrected chi connectivity index (χ0v) is 24.9. The molecule has 3 N–H and O–H groups in total. The van der Waals surface area contributed by atoms with Gasteiger partial charge in [0.25, 0.3) is 5.91 Å². The number of nitrogens with two attached hydrogens (primary N) is 1. The molecule has 0 bridgehead atoms. The zero-order chi connectivity index (χ0) is 29.1. The quantitative estimate of drug-likeness (QED) is 0.412. The van der Waals surface area contributed by atoms with Gasteiger partial charge in [-0.05, 0) is 94.1 Å². The molecule has 0 unspecified atom stereocenters. The topological polar surface area (TPSA) is 103 Å². The van der Waals surface area contributed by atoms with E-state index in [0.29, 0.717) is 16.8 Å². The summed E-state index contributed by atoms with van der Waals surface area (Å²) in [6.07, 6.45) is 11.4. The third-order valence-electron chi connectivity index (χ3n) is 9.28. The van der Waals surface area contributed by atoms with Crippen molar-refractivity contribution >= 4 is 39.6 Å². The summed E-state index contributed by atoms with van der Waals surface area (Å²) in [7, 11) is 4.03. The molecule has 9 heteroatoms. The van der Waals surface area contributed by atoms with E-state index >= 15 is 0 Å². The number of nitrogens with one attached hydrogen (secondary N) is 1. The lowest BCUT2D eigenvalue weighted by molar-refractivity contribution is 0.0900. The molecule has 9 nitrogen and oxygen atoms in total. The van der Waals surface area contributed by atoms with Crippen LogP contribution in [0.4, 0.5) is 11.6 Å². The summed E-state index contributed by atoms with van der Waals surface area (Å²) in [5, 5.41) is 4.96. The van der Waals surface area contributed by atoms with Gasteiger partial charge in [-0.1, -0.05) is 18.6 Å². The van der Waals surface area contributed by atoms with Gasteiger partial charge in [-0.15, -0.1) is 0 Å². The molecule has 1 spiro atoms. The second-order valence-electron chi connectivity index (χ2n) is 12.2. The van der Waals surface area contributed by atoms with Crippen LogP contribution >= 0.6 is 0 Å². The molecule has 3 fully saturated rings. The summed E-state index contributed by atoms with van der Waals surface area (Å²) in [6, 6.07) is 11.8. The van der Waals surface area contributed by atoms with Crippen LogP contribution in [0.5, 0.6) is 0 Å². The van der Waals surface area contributed by atoms with Crippen LogP contribution in [0, 0.1) is 5.41 Å². The van der Waals surface area contributed by atoms with Crippen LogP contribution in [0.25, 0.3) is 16.3 Å². The van der Waals surface area contributed by atoms with Crippen molar-refractivity contribution in [2.24, 2.45) is 16.1 Å². The van der Waals surface area contributed by atoms with Crippen LogP contribution in [0.1, 0.15) is 48.0 Å². The van der Waals surface area contributed by atoms with Crippen LogP contribution in [-0.4, -0.2) is 91.3 Å². The number of hydrogen-bond acceptors (Lipinski definition) is 8. The Balaban J connectivity index is 1.14. The summed E-state index contributed by atoms with van der Waals surface area (Å²) < 4.78 is 0. The van der Waals surface area contributed by atoms with Crippen molar-refractivity contribution in [2.75, 3.05) is 70.1 Å². The predicted octanol–water partition coefficient (Wildman–Crippen LogP) is 4.27. The fourth-order valence-corrected chi connectivity index (χ4v) is 6.60. The Morgan fingerprint density at radius 1 is 1.00 bits per heavy atom. The van der Waals surface area contributed by atoms with Gasteiger partial charge in [-0.3, -0.25) is 14.7 Å². The first-order chi connectivity index (χ1) is 20.4. The standard InChI is InChI=1S/C33H42N8O/c1-35-29(21-40-12-4-3-5-13-40)28(19-34)24-6-7-26-20-37-30(17-27(26)16-24)38-32(42)25-8-11-36-31(18-25)41-22-33(23-41)9-14-39(2)15-10-33/h6-8,11,16-20H,3-5,9-10,12-15,21-23,34H2,1-2H3,(H,37,38,42). The Bertz CT molecular complexity index is 1490. The number of piperidine rings is 2. The molecular formula is C33H42N8O. The average Bonchev–Trinajstić information content (AvgIpc) is 3.00. The van der Waals surface area contributed by atoms with Crippen LogP contribution in [0.15, 0.2) is 60.0 Å². The number of amides is 1. The molecule has 6 rings (SSSR count). The van der Waals surface area contributed by atoms with E-state index in [2.05, 4.69) is 54.2 Å². The van der Waals surface area contributed by atoms with Crippen molar-refractivity contribution in [1.29, 1.82) is 0 Å². The molecule has 1 amide bonds. The summed E-state index contributed by atoms with van der Waals surface area (Å²) in [4.78, 5) is 34.1. The molecule has 3 aromatic rings. The van der Waals surface area contributed by atoms with E-state index in [0.717, 1.165) is 79.3 Å². The maximum atomic E-state index is 13.3. The van der Waals surface area contributed by atoms with Crippen molar-refractivity contribution in [3.63, 3.8) is 0 Å². The Hall–Kier alpha value is -3.82. The normalized spacial score (nSPS) is 20.1. The summed E-state index contributed by atoms with van der Waals surface area (Å²) in [5.41, 5.74) is 10.0. The summed E-state index contributed by atoms with van der Waals surface area (Å²) in [5.74, 6) is 1.18. The first kappa shape index (κ1) is 28.3. The van der Waals surface area contributed by atoms with E-state index in [4.69, 9.17) is 5.73 Å². The number of aromatic nitrogens is 2. The number of carbonyl (C=O) groups is 1. The van der Waals surface area contributed by atoms with Crippen molar-refractivity contribution in [3.05, 3.63) is 66.1 Å². The van der Waals surface area contributed by atoms with Gasteiger partial charge in [-0.2, -0.15) is 0 Å². The van der Waals surface area contributed by atoms with E-state index in [-0.39, 0.29) is 5.91 Å². The van der Waals surface area contributed by atoms with Gasteiger partial charge in [0.15, 0.2) is 0 Å². The maximum absolute atomic E-state index is 13.3. The maximum Gasteiger partial charge on any atom is 0.257 e. The minimum atomic E-state index is -0.194. The van der Waals surface area contributed by atoms with Gasteiger partial charge in [0, 0.05) is 67.2 Å². The van der Waals surface area contributed by atoms with E-state index in [1.54, 1.807) is 24.7 Å². The molecule has 3 aliphatic rings. The number of pyridine rings is 2. The molecule has 0 aliphatic carbocycles. The molecule has 0 atom stereocenters. The van der Waals surface area contributed by atoms with E-state index in [9.17, 15) is 4.79 Å². The Morgan fingerprint density at radius 3 is 2.52 bits per heavy atom. The molecular weight excluding hydrogens is 524 g/mol. The highest BCUT2D eigenvalue weighted by molar-refractivity contribution is 6.25. The lowest BCUT2D eigenvalue weighted by Gasteiger charge is -2.54. The smallest absolute Gasteiger partial charge is 0.257 e. The third-order valence-corrected chi connectivity index (χ3v) is 9.28. The number of anilines is 2. The zero-order valence-electron chi connectivity index (χ0n) is 24.9. The van der Waals surface area contributed by atoms with Crippen LogP contribution in [-0.2, 0) is 0 Å². The minimum absolute atomic E-state index is 0.194.